The summed E-state index contributed by atoms with van der Waals surface area (Å²) in [5.74, 6) is -6.30. The summed E-state index contributed by atoms with van der Waals surface area (Å²) in [7, 11) is 0. The number of hydrogen-bond acceptors (Lipinski definition) is 7. The number of esters is 1. The van der Waals surface area contributed by atoms with Crippen LogP contribution < -0.4 is 5.32 Å². The molecule has 1 aromatic heterocycles. The highest BCUT2D eigenvalue weighted by molar-refractivity contribution is 6.99. The van der Waals surface area contributed by atoms with Crippen LogP contribution in [0.2, 0.25) is 0 Å². The van der Waals surface area contributed by atoms with Crippen molar-refractivity contribution in [3.8, 4) is 0 Å². The largest absolute Gasteiger partial charge is 0.462 e. The van der Waals surface area contributed by atoms with Gasteiger partial charge in [0.05, 0.1) is 42.3 Å². The van der Waals surface area contributed by atoms with Gasteiger partial charge >= 0.3 is 5.97 Å². The number of carbonyl (C=O) groups excluding carboxylic acids is 2. The zero-order valence-corrected chi connectivity index (χ0v) is 13.7. The van der Waals surface area contributed by atoms with E-state index in [1.54, 1.807) is 0 Å². The quantitative estimate of drug-likeness (QED) is 0.201. The molecule has 10 heteroatoms. The fraction of sp³-hybridized carbons (Fsp3) is 0.200. The van der Waals surface area contributed by atoms with Gasteiger partial charge in [-0.3, -0.25) is 4.79 Å². The molecular weight excluding hydrogens is 359 g/mol. The second-order valence-corrected chi connectivity index (χ2v) is 5.19. The Morgan fingerprint density at radius 3 is 2.60 bits per heavy atom. The monoisotopic (exact) mass is 371 g/mol. The summed E-state index contributed by atoms with van der Waals surface area (Å²) < 4.78 is 52.6. The van der Waals surface area contributed by atoms with Crippen molar-refractivity contribution in [2.45, 2.75) is 13.5 Å². The molecule has 0 bridgehead atoms. The van der Waals surface area contributed by atoms with Gasteiger partial charge in [-0.05, 0) is 13.0 Å². The number of ether oxygens (including phenoxy) is 1. The van der Waals surface area contributed by atoms with Crippen LogP contribution >= 0.6 is 11.7 Å². The summed E-state index contributed by atoms with van der Waals surface area (Å²) in [6.45, 7) is 1.64. The van der Waals surface area contributed by atoms with E-state index in [9.17, 15) is 22.8 Å². The lowest BCUT2D eigenvalue weighted by Crippen LogP contribution is -2.21. The molecule has 0 atom stereocenters. The number of nitrogens with zero attached hydrogens (tertiary/aromatic N) is 2. The van der Waals surface area contributed by atoms with Crippen LogP contribution in [0.3, 0.4) is 0 Å². The van der Waals surface area contributed by atoms with Crippen LogP contribution in [-0.2, 0) is 16.1 Å². The van der Waals surface area contributed by atoms with Gasteiger partial charge in [0.1, 0.15) is 11.4 Å². The van der Waals surface area contributed by atoms with Crippen LogP contribution in [0.1, 0.15) is 23.0 Å². The summed E-state index contributed by atoms with van der Waals surface area (Å²) in [6.07, 6.45) is 2.49. The van der Waals surface area contributed by atoms with Gasteiger partial charge in [0, 0.05) is 12.3 Å². The first kappa shape index (κ1) is 18.6. The molecular formula is C15H12F3N3O3S. The van der Waals surface area contributed by atoms with Crippen LogP contribution in [0.25, 0.3) is 0 Å². The van der Waals surface area contributed by atoms with E-state index in [4.69, 9.17) is 4.74 Å². The fourth-order valence-corrected chi connectivity index (χ4v) is 2.22. The molecule has 0 radical (unpaired) electrons. The normalized spacial score (nSPS) is 11.3. The minimum atomic E-state index is -1.44. The van der Waals surface area contributed by atoms with E-state index >= 15 is 0 Å². The number of nitrogens with one attached hydrogen (secondary N) is 1. The van der Waals surface area contributed by atoms with Crippen molar-refractivity contribution in [3.05, 3.63) is 58.8 Å². The van der Waals surface area contributed by atoms with E-state index in [1.165, 1.54) is 13.1 Å². The van der Waals surface area contributed by atoms with Gasteiger partial charge in [0.25, 0.3) is 0 Å². The van der Waals surface area contributed by atoms with Crippen molar-refractivity contribution >= 4 is 23.5 Å². The van der Waals surface area contributed by atoms with Crippen LogP contribution in [-0.4, -0.2) is 27.1 Å². The number of ketones is 1. The number of rotatable bonds is 7. The van der Waals surface area contributed by atoms with Crippen molar-refractivity contribution in [2.24, 2.45) is 0 Å². The minimum Gasteiger partial charge on any atom is -0.462 e. The molecule has 1 aromatic carbocycles. The molecule has 0 saturated carbocycles. The summed E-state index contributed by atoms with van der Waals surface area (Å²) in [4.78, 5) is 24.3. The van der Waals surface area contributed by atoms with Crippen LogP contribution in [0.5, 0.6) is 0 Å². The van der Waals surface area contributed by atoms with E-state index in [0.29, 0.717) is 11.8 Å². The predicted octanol–water partition coefficient (Wildman–Crippen LogP) is 2.37. The van der Waals surface area contributed by atoms with Crippen molar-refractivity contribution in [3.63, 3.8) is 0 Å². The molecule has 0 spiro atoms. The van der Waals surface area contributed by atoms with E-state index in [0.717, 1.165) is 17.9 Å². The molecule has 0 fully saturated rings. The third-order valence-electron chi connectivity index (χ3n) is 2.93. The maximum atomic E-state index is 13.8. The van der Waals surface area contributed by atoms with Crippen molar-refractivity contribution in [2.75, 3.05) is 6.61 Å². The van der Waals surface area contributed by atoms with Gasteiger partial charge in [-0.2, -0.15) is 8.75 Å². The third kappa shape index (κ3) is 4.63. The molecule has 6 nitrogen and oxygen atoms in total. The molecule has 2 aromatic rings. The molecule has 132 valence electrons. The average Bonchev–Trinajstić information content (AvgIpc) is 3.08. The van der Waals surface area contributed by atoms with Gasteiger partial charge in [-0.1, -0.05) is 0 Å². The van der Waals surface area contributed by atoms with E-state index in [1.807, 2.05) is 0 Å². The minimum absolute atomic E-state index is 0.0281. The number of hydrogen-bond donors (Lipinski definition) is 1. The standard InChI is InChI=1S/C15H12F3N3O3S/c1-2-24-15(23)10(7-19-5-8-6-20-25-21-8)14(22)9-3-12(17)13(18)4-11(9)16/h3-4,6-7,19H,2,5H2,1H3. The Morgan fingerprint density at radius 2 is 1.96 bits per heavy atom. The lowest BCUT2D eigenvalue weighted by molar-refractivity contribution is -0.138. The Labute approximate surface area is 144 Å². The highest BCUT2D eigenvalue weighted by Crippen LogP contribution is 2.18. The Balaban J connectivity index is 2.29. The Hall–Kier alpha value is -2.75. The van der Waals surface area contributed by atoms with Crippen molar-refractivity contribution in [1.29, 1.82) is 0 Å². The van der Waals surface area contributed by atoms with E-state index in [-0.39, 0.29) is 19.2 Å². The lowest BCUT2D eigenvalue weighted by Gasteiger charge is -2.08. The van der Waals surface area contributed by atoms with E-state index in [2.05, 4.69) is 14.1 Å². The van der Waals surface area contributed by atoms with Gasteiger partial charge in [-0.15, -0.1) is 0 Å². The highest BCUT2D eigenvalue weighted by atomic mass is 32.1. The van der Waals surface area contributed by atoms with Gasteiger partial charge in [0.15, 0.2) is 11.6 Å². The zero-order chi connectivity index (χ0) is 18.4. The molecule has 0 aliphatic carbocycles. The number of aromatic nitrogens is 2. The topological polar surface area (TPSA) is 81.2 Å². The van der Waals surface area contributed by atoms with Crippen molar-refractivity contribution in [1.82, 2.24) is 14.1 Å². The average molecular weight is 371 g/mol. The highest BCUT2D eigenvalue weighted by Gasteiger charge is 2.25. The Bertz CT molecular complexity index is 810. The van der Waals surface area contributed by atoms with E-state index < -0.39 is 40.3 Å². The lowest BCUT2D eigenvalue weighted by atomic mass is 10.0. The first-order valence-corrected chi connectivity index (χ1v) is 7.73. The van der Waals surface area contributed by atoms with Gasteiger partial charge in [-0.25, -0.2) is 18.0 Å². The first-order valence-electron chi connectivity index (χ1n) is 7.00. The Kier molecular flexibility index (Phi) is 6.23. The maximum absolute atomic E-state index is 13.8. The Morgan fingerprint density at radius 1 is 1.24 bits per heavy atom. The summed E-state index contributed by atoms with van der Waals surface area (Å²) in [6, 6.07) is 0.629. The molecule has 0 aliphatic heterocycles. The molecule has 1 N–H and O–H groups in total. The third-order valence-corrected chi connectivity index (χ3v) is 3.45. The van der Waals surface area contributed by atoms with Crippen molar-refractivity contribution < 1.29 is 27.5 Å². The molecule has 25 heavy (non-hydrogen) atoms. The molecule has 1 heterocycles. The van der Waals surface area contributed by atoms with Crippen LogP contribution in [0, 0.1) is 17.5 Å². The number of halogens is 3. The molecule has 0 aliphatic rings. The zero-order valence-electron chi connectivity index (χ0n) is 12.9. The second-order valence-electron chi connectivity index (χ2n) is 4.63. The molecule has 0 saturated heterocycles. The number of Topliss-reactive ketones (excluding diaryl/α,β-unsaturated/α-hetero) is 1. The molecule has 0 amide bonds. The predicted molar refractivity (Wildman–Crippen MR) is 82.1 cm³/mol. The van der Waals surface area contributed by atoms with Gasteiger partial charge in [0.2, 0.25) is 5.78 Å². The molecule has 0 unspecified atom stereocenters. The maximum Gasteiger partial charge on any atom is 0.343 e. The van der Waals surface area contributed by atoms with Crippen LogP contribution in [0.4, 0.5) is 13.2 Å². The first-order chi connectivity index (χ1) is 11.9. The number of benzene rings is 1. The fourth-order valence-electron chi connectivity index (χ4n) is 1.79. The molecule has 2 rings (SSSR count). The summed E-state index contributed by atoms with van der Waals surface area (Å²) in [5.41, 5.74) is -0.791. The number of carbonyl (C=O) groups is 2. The van der Waals surface area contributed by atoms with Crippen LogP contribution in [0.15, 0.2) is 30.1 Å². The smallest absolute Gasteiger partial charge is 0.343 e. The second kappa shape index (κ2) is 8.38. The summed E-state index contributed by atoms with van der Waals surface area (Å²) >= 11 is 0.975. The SMILES string of the molecule is CCOC(=O)C(=CNCc1cnsn1)C(=O)c1cc(F)c(F)cc1F. The summed E-state index contributed by atoms with van der Waals surface area (Å²) in [5, 5.41) is 2.65. The van der Waals surface area contributed by atoms with Gasteiger partial charge < -0.3 is 10.1 Å².